The second-order valence-corrected chi connectivity index (χ2v) is 7.15. The van der Waals surface area contributed by atoms with Gasteiger partial charge in [0.25, 0.3) is 0 Å². The molecule has 2 atom stereocenters. The van der Waals surface area contributed by atoms with Crippen LogP contribution in [0.4, 0.5) is 0 Å². The van der Waals surface area contributed by atoms with Crippen LogP contribution < -0.4 is 10.1 Å². The van der Waals surface area contributed by atoms with Crippen molar-refractivity contribution in [1.82, 2.24) is 5.32 Å². The van der Waals surface area contributed by atoms with E-state index in [9.17, 15) is 0 Å². The Labute approximate surface area is 138 Å². The molecule has 2 unspecified atom stereocenters. The van der Waals surface area contributed by atoms with Crippen molar-refractivity contribution in [2.24, 2.45) is 0 Å². The number of thiophene rings is 1. The lowest BCUT2D eigenvalue weighted by atomic mass is 9.85. The Morgan fingerprint density at radius 2 is 2.24 bits per heavy atom. The van der Waals surface area contributed by atoms with E-state index in [4.69, 9.17) is 4.74 Å². The topological polar surface area (TPSA) is 21.3 Å². The molecule has 0 bridgehead atoms. The second kappa shape index (κ2) is 6.95. The number of nitrogens with one attached hydrogen (secondary N) is 1. The summed E-state index contributed by atoms with van der Waals surface area (Å²) in [5.74, 6) is 1.51. The maximum atomic E-state index is 5.82. The quantitative estimate of drug-likeness (QED) is 0.793. The maximum absolute atomic E-state index is 5.82. The third-order valence-corrected chi connectivity index (χ3v) is 5.90. The Balaban J connectivity index is 1.96. The van der Waals surface area contributed by atoms with E-state index in [1.165, 1.54) is 14.9 Å². The lowest BCUT2D eigenvalue weighted by molar-refractivity contribution is 0.246. The third kappa shape index (κ3) is 3.17. The van der Waals surface area contributed by atoms with E-state index in [0.29, 0.717) is 12.0 Å². The van der Waals surface area contributed by atoms with Crippen LogP contribution in [0, 0.1) is 0 Å². The van der Waals surface area contributed by atoms with Crippen LogP contribution in [0.15, 0.2) is 40.2 Å². The molecule has 2 nitrogen and oxygen atoms in total. The minimum atomic E-state index is 0.351. The van der Waals surface area contributed by atoms with Crippen molar-refractivity contribution in [3.63, 3.8) is 0 Å². The zero-order chi connectivity index (χ0) is 14.7. The molecule has 0 radical (unpaired) electrons. The molecule has 2 heterocycles. The molecule has 4 heteroatoms. The molecule has 1 aliphatic rings. The normalized spacial score (nSPS) is 18.9. The second-order valence-electron chi connectivity index (χ2n) is 5.35. The van der Waals surface area contributed by atoms with Crippen LogP contribution in [0.5, 0.6) is 5.75 Å². The molecule has 1 N–H and O–H groups in total. The summed E-state index contributed by atoms with van der Waals surface area (Å²) in [7, 11) is 0. The van der Waals surface area contributed by atoms with Gasteiger partial charge in [-0.05, 0) is 58.4 Å². The van der Waals surface area contributed by atoms with Gasteiger partial charge in [0.1, 0.15) is 5.75 Å². The summed E-state index contributed by atoms with van der Waals surface area (Å²) in [5.41, 5.74) is 1.33. The standard InChI is InChI=1S/C17H20BrNOS/c1-2-9-19-16(17-14(18)8-11-21-17)13-7-10-20-15-6-4-3-5-12(13)15/h3-6,8,11,13,16,19H,2,7,9-10H2,1H3. The first-order valence-corrected chi connectivity index (χ1v) is 9.16. The van der Waals surface area contributed by atoms with E-state index in [2.05, 4.69) is 63.9 Å². The predicted octanol–water partition coefficient (Wildman–Crippen LogP) is 5.12. The van der Waals surface area contributed by atoms with Gasteiger partial charge >= 0.3 is 0 Å². The number of hydrogen-bond donors (Lipinski definition) is 1. The van der Waals surface area contributed by atoms with Crippen molar-refractivity contribution in [2.75, 3.05) is 13.2 Å². The van der Waals surface area contributed by atoms with E-state index in [1.807, 2.05) is 11.3 Å². The van der Waals surface area contributed by atoms with E-state index in [1.54, 1.807) is 0 Å². The van der Waals surface area contributed by atoms with Gasteiger partial charge in [-0.25, -0.2) is 0 Å². The summed E-state index contributed by atoms with van der Waals surface area (Å²) in [5, 5.41) is 5.91. The molecule has 0 aliphatic carbocycles. The molecule has 112 valence electrons. The highest BCUT2D eigenvalue weighted by molar-refractivity contribution is 9.10. The minimum Gasteiger partial charge on any atom is -0.493 e. The van der Waals surface area contributed by atoms with Crippen molar-refractivity contribution in [3.8, 4) is 5.75 Å². The van der Waals surface area contributed by atoms with Crippen molar-refractivity contribution in [2.45, 2.75) is 31.7 Å². The van der Waals surface area contributed by atoms with Gasteiger partial charge in [0.15, 0.2) is 0 Å². The van der Waals surface area contributed by atoms with E-state index in [0.717, 1.165) is 31.7 Å². The highest BCUT2D eigenvalue weighted by atomic mass is 79.9. The zero-order valence-electron chi connectivity index (χ0n) is 12.1. The lowest BCUT2D eigenvalue weighted by Crippen LogP contribution is -2.30. The molecule has 1 aromatic carbocycles. The van der Waals surface area contributed by atoms with Gasteiger partial charge in [0.05, 0.1) is 6.61 Å². The predicted molar refractivity (Wildman–Crippen MR) is 92.3 cm³/mol. The van der Waals surface area contributed by atoms with Gasteiger partial charge in [-0.1, -0.05) is 25.1 Å². The monoisotopic (exact) mass is 365 g/mol. The van der Waals surface area contributed by atoms with Gasteiger partial charge < -0.3 is 10.1 Å². The Kier molecular flexibility index (Phi) is 4.99. The van der Waals surface area contributed by atoms with Crippen LogP contribution in [0.25, 0.3) is 0 Å². The fourth-order valence-electron chi connectivity index (χ4n) is 2.96. The van der Waals surface area contributed by atoms with Gasteiger partial charge in [0.2, 0.25) is 0 Å². The summed E-state index contributed by atoms with van der Waals surface area (Å²) < 4.78 is 7.03. The molecule has 0 spiro atoms. The molecule has 3 rings (SSSR count). The molecule has 0 fully saturated rings. The number of hydrogen-bond acceptors (Lipinski definition) is 3. The van der Waals surface area contributed by atoms with Crippen LogP contribution in [-0.2, 0) is 0 Å². The minimum absolute atomic E-state index is 0.351. The Morgan fingerprint density at radius 3 is 3.00 bits per heavy atom. The lowest BCUT2D eigenvalue weighted by Gasteiger charge is -2.33. The number of para-hydroxylation sites is 1. The van der Waals surface area contributed by atoms with Gasteiger partial charge in [-0.2, -0.15) is 0 Å². The molecule has 2 aromatic rings. The van der Waals surface area contributed by atoms with Crippen molar-refractivity contribution in [1.29, 1.82) is 0 Å². The Hall–Kier alpha value is -0.840. The fraction of sp³-hybridized carbons (Fsp3) is 0.412. The largest absolute Gasteiger partial charge is 0.493 e. The summed E-state index contributed by atoms with van der Waals surface area (Å²) in [4.78, 5) is 1.39. The molecule has 1 aliphatic heterocycles. The maximum Gasteiger partial charge on any atom is 0.122 e. The number of ether oxygens (including phenoxy) is 1. The third-order valence-electron chi connectivity index (χ3n) is 3.95. The first-order chi connectivity index (χ1) is 10.3. The van der Waals surface area contributed by atoms with Crippen molar-refractivity contribution >= 4 is 27.3 Å². The van der Waals surface area contributed by atoms with Crippen LogP contribution >= 0.6 is 27.3 Å². The van der Waals surface area contributed by atoms with E-state index in [-0.39, 0.29) is 0 Å². The number of halogens is 1. The summed E-state index contributed by atoms with van der Waals surface area (Å²) in [6, 6.07) is 11.0. The average molecular weight is 366 g/mol. The summed E-state index contributed by atoms with van der Waals surface area (Å²) >= 11 is 5.53. The molecule has 0 amide bonds. The molecule has 21 heavy (non-hydrogen) atoms. The zero-order valence-corrected chi connectivity index (χ0v) is 14.5. The van der Waals surface area contributed by atoms with Crippen molar-refractivity contribution < 1.29 is 4.74 Å². The molecular formula is C17H20BrNOS. The first-order valence-electron chi connectivity index (χ1n) is 7.49. The smallest absolute Gasteiger partial charge is 0.122 e. The molecular weight excluding hydrogens is 346 g/mol. The molecule has 1 aromatic heterocycles. The highest BCUT2D eigenvalue weighted by Gasteiger charge is 2.31. The Bertz CT molecular complexity index is 598. The van der Waals surface area contributed by atoms with Crippen LogP contribution in [0.3, 0.4) is 0 Å². The van der Waals surface area contributed by atoms with E-state index < -0.39 is 0 Å². The summed E-state index contributed by atoms with van der Waals surface area (Å²) in [6.07, 6.45) is 2.20. The highest BCUT2D eigenvalue weighted by Crippen LogP contribution is 2.44. The van der Waals surface area contributed by atoms with Crippen molar-refractivity contribution in [3.05, 3.63) is 50.6 Å². The van der Waals surface area contributed by atoms with E-state index >= 15 is 0 Å². The van der Waals surface area contributed by atoms with Crippen LogP contribution in [-0.4, -0.2) is 13.2 Å². The molecule has 0 saturated heterocycles. The SMILES string of the molecule is CCCNC(c1sccc1Br)C1CCOc2ccccc21. The van der Waals surface area contributed by atoms with Gasteiger partial charge in [-0.15, -0.1) is 11.3 Å². The number of fused-ring (bicyclic) bond motifs is 1. The number of rotatable bonds is 5. The summed E-state index contributed by atoms with van der Waals surface area (Å²) in [6.45, 7) is 4.05. The van der Waals surface area contributed by atoms with Crippen LogP contribution in [0.2, 0.25) is 0 Å². The van der Waals surface area contributed by atoms with Crippen LogP contribution in [0.1, 0.15) is 42.2 Å². The average Bonchev–Trinajstić information content (AvgIpc) is 2.94. The van der Waals surface area contributed by atoms with Gasteiger partial charge in [0, 0.05) is 21.3 Å². The fourth-order valence-corrected chi connectivity index (χ4v) is 4.72. The number of benzene rings is 1. The van der Waals surface area contributed by atoms with Gasteiger partial charge in [-0.3, -0.25) is 0 Å². The first kappa shape index (κ1) is 15.1. The molecule has 0 saturated carbocycles. The Morgan fingerprint density at radius 1 is 1.38 bits per heavy atom.